The highest BCUT2D eigenvalue weighted by atomic mass is 32.2. The van der Waals surface area contributed by atoms with Gasteiger partial charge in [-0.05, 0) is 47.9 Å². The van der Waals surface area contributed by atoms with E-state index in [1.165, 1.54) is 17.0 Å². The molecule has 45 heavy (non-hydrogen) atoms. The van der Waals surface area contributed by atoms with E-state index >= 15 is 0 Å². The number of nitrogens with zero attached hydrogens (tertiary/aromatic N) is 5. The van der Waals surface area contributed by atoms with E-state index in [0.717, 1.165) is 18.5 Å². The van der Waals surface area contributed by atoms with Gasteiger partial charge in [0.2, 0.25) is 0 Å². The zero-order valence-electron chi connectivity index (χ0n) is 24.8. The highest BCUT2D eigenvalue weighted by Gasteiger charge is 2.48. The number of carboxylic acid groups (broad SMARTS) is 1. The van der Waals surface area contributed by atoms with Crippen LogP contribution in [0.5, 0.6) is 5.75 Å². The van der Waals surface area contributed by atoms with E-state index in [2.05, 4.69) is 38.8 Å². The number of aromatic nitrogens is 4. The van der Waals surface area contributed by atoms with Crippen molar-refractivity contribution >= 4 is 35.1 Å². The third-order valence-corrected chi connectivity index (χ3v) is 10.1. The van der Waals surface area contributed by atoms with Gasteiger partial charge in [0.05, 0.1) is 17.9 Å². The molecular formula is C29H32F3N5O6SSi. The summed E-state index contributed by atoms with van der Waals surface area (Å²) in [4.78, 5) is 26.9. The maximum Gasteiger partial charge on any atom is 0.534 e. The molecule has 2 aromatic carbocycles. The van der Waals surface area contributed by atoms with E-state index in [9.17, 15) is 31.5 Å². The molecule has 1 atom stereocenters. The quantitative estimate of drug-likeness (QED) is 0.0871. The van der Waals surface area contributed by atoms with Crippen molar-refractivity contribution in [3.63, 3.8) is 0 Å². The number of hydrogen-bond acceptors (Lipinski definition) is 8. The van der Waals surface area contributed by atoms with Crippen molar-refractivity contribution in [3.05, 3.63) is 60.8 Å². The zero-order chi connectivity index (χ0) is 32.6. The lowest BCUT2D eigenvalue weighted by Gasteiger charge is -2.23. The van der Waals surface area contributed by atoms with Crippen LogP contribution in [0.4, 0.5) is 18.0 Å². The van der Waals surface area contributed by atoms with Crippen LogP contribution >= 0.6 is 0 Å². The van der Waals surface area contributed by atoms with Crippen LogP contribution in [0.15, 0.2) is 55.0 Å². The fourth-order valence-electron chi connectivity index (χ4n) is 5.02. The number of rotatable bonds is 10. The fourth-order valence-corrected chi connectivity index (χ4v) is 6.23. The van der Waals surface area contributed by atoms with E-state index in [1.807, 2.05) is 4.57 Å². The van der Waals surface area contributed by atoms with E-state index in [-0.39, 0.29) is 6.73 Å². The Kier molecular flexibility index (Phi) is 8.92. The molecule has 0 unspecified atom stereocenters. The number of fused-ring (bicyclic) bond motifs is 1. The first kappa shape index (κ1) is 32.4. The van der Waals surface area contributed by atoms with E-state index in [1.54, 1.807) is 36.8 Å². The Morgan fingerprint density at radius 1 is 1.02 bits per heavy atom. The number of carbonyl (C=O) groups is 1. The van der Waals surface area contributed by atoms with Crippen molar-refractivity contribution in [2.45, 2.75) is 56.8 Å². The van der Waals surface area contributed by atoms with Gasteiger partial charge in [0, 0.05) is 44.7 Å². The molecule has 0 radical (unpaired) electrons. The van der Waals surface area contributed by atoms with Gasteiger partial charge in [0.1, 0.15) is 18.3 Å². The van der Waals surface area contributed by atoms with Crippen LogP contribution in [0, 0.1) is 0 Å². The van der Waals surface area contributed by atoms with Crippen LogP contribution in [-0.4, -0.2) is 70.8 Å². The van der Waals surface area contributed by atoms with Crippen molar-refractivity contribution in [1.29, 1.82) is 0 Å². The molecule has 1 N–H and O–H groups in total. The van der Waals surface area contributed by atoms with Gasteiger partial charge in [-0.3, -0.25) is 4.90 Å². The number of imidazole rings is 1. The molecule has 1 aliphatic rings. The summed E-state index contributed by atoms with van der Waals surface area (Å²) in [6.45, 7) is 7.99. The molecule has 16 heteroatoms. The third kappa shape index (κ3) is 7.28. The molecular weight excluding hydrogens is 631 g/mol. The number of likely N-dealkylation sites (tertiary alicyclic amines) is 1. The normalized spacial score (nSPS) is 16.0. The van der Waals surface area contributed by atoms with Crippen molar-refractivity contribution in [1.82, 2.24) is 24.4 Å². The molecule has 3 heterocycles. The van der Waals surface area contributed by atoms with Gasteiger partial charge in [-0.15, -0.1) is 0 Å². The van der Waals surface area contributed by atoms with Gasteiger partial charge in [-0.2, -0.15) is 21.6 Å². The van der Waals surface area contributed by atoms with Gasteiger partial charge in [-0.25, -0.2) is 19.7 Å². The third-order valence-electron chi connectivity index (χ3n) is 7.41. The maximum absolute atomic E-state index is 12.7. The predicted molar refractivity (Wildman–Crippen MR) is 163 cm³/mol. The minimum absolute atomic E-state index is 0.196. The number of benzene rings is 2. The summed E-state index contributed by atoms with van der Waals surface area (Å²) < 4.78 is 73.0. The standard InChI is InChI=1S/C29H32F3N5O6SSi/c1-45(2,3)12-11-42-18-37-25(17-35-27(37)24-5-4-10-36(24)28(38)39)22-15-33-26(34-16-22)21-7-6-20-14-23(9-8-19(20)13-21)43-44(40,41)29(30,31)32/h6-9,13-17,24H,4-5,10-12,18H2,1-3H3,(H,38,39)/t24-/m0/s1. The van der Waals surface area contributed by atoms with E-state index in [0.29, 0.717) is 58.8 Å². The lowest BCUT2D eigenvalue weighted by molar-refractivity contribution is -0.0500. The van der Waals surface area contributed by atoms with Crippen molar-refractivity contribution in [2.24, 2.45) is 0 Å². The van der Waals surface area contributed by atoms with Crippen molar-refractivity contribution in [3.8, 4) is 28.4 Å². The first-order valence-electron chi connectivity index (χ1n) is 14.1. The molecule has 11 nitrogen and oxygen atoms in total. The topological polar surface area (TPSA) is 137 Å². The summed E-state index contributed by atoms with van der Waals surface area (Å²) in [5.74, 6) is 0.520. The Morgan fingerprint density at radius 2 is 1.71 bits per heavy atom. The SMILES string of the molecule is C[Si](C)(C)CCOCn1c(-c2cnc(-c3ccc4cc(OS(=O)(=O)C(F)(F)F)ccc4c3)nc2)cnc1[C@@H]1CCCN1C(=O)O. The summed E-state index contributed by atoms with van der Waals surface area (Å²) >= 11 is 0. The molecule has 0 aliphatic carbocycles. The molecule has 240 valence electrons. The fraction of sp³-hybridized carbons (Fsp3) is 0.379. The second kappa shape index (κ2) is 12.4. The minimum Gasteiger partial charge on any atom is -0.465 e. The highest BCUT2D eigenvalue weighted by molar-refractivity contribution is 7.88. The van der Waals surface area contributed by atoms with Crippen LogP contribution in [0.1, 0.15) is 24.7 Å². The number of hydrogen-bond donors (Lipinski definition) is 1. The molecule has 4 aromatic rings. The van der Waals surface area contributed by atoms with Crippen LogP contribution in [0.2, 0.25) is 25.7 Å². The first-order valence-corrected chi connectivity index (χ1v) is 19.2. The Morgan fingerprint density at radius 3 is 2.38 bits per heavy atom. The lowest BCUT2D eigenvalue weighted by atomic mass is 10.1. The second-order valence-corrected chi connectivity index (χ2v) is 19.1. The average molecular weight is 664 g/mol. The van der Waals surface area contributed by atoms with Crippen molar-refractivity contribution in [2.75, 3.05) is 13.2 Å². The number of alkyl halides is 3. The number of ether oxygens (including phenoxy) is 1. The Labute approximate surface area is 258 Å². The zero-order valence-corrected chi connectivity index (χ0v) is 26.6. The maximum atomic E-state index is 12.7. The summed E-state index contributed by atoms with van der Waals surface area (Å²) in [7, 11) is -7.11. The summed E-state index contributed by atoms with van der Waals surface area (Å²) in [5, 5.41) is 10.8. The highest BCUT2D eigenvalue weighted by Crippen LogP contribution is 2.34. The summed E-state index contributed by atoms with van der Waals surface area (Å²) in [6, 6.07) is 9.35. The lowest BCUT2D eigenvalue weighted by Crippen LogP contribution is -2.31. The Hall–Kier alpha value is -4.02. The van der Waals surface area contributed by atoms with E-state index < -0.39 is 41.6 Å². The van der Waals surface area contributed by atoms with Crippen LogP contribution in [0.25, 0.3) is 33.4 Å². The van der Waals surface area contributed by atoms with Crippen LogP contribution in [-0.2, 0) is 21.6 Å². The van der Waals surface area contributed by atoms with Gasteiger partial charge in [-0.1, -0.05) is 37.8 Å². The molecule has 1 amide bonds. The van der Waals surface area contributed by atoms with Gasteiger partial charge >= 0.3 is 21.7 Å². The molecule has 1 saturated heterocycles. The average Bonchev–Trinajstić information content (AvgIpc) is 3.61. The van der Waals surface area contributed by atoms with Crippen LogP contribution < -0.4 is 4.18 Å². The van der Waals surface area contributed by atoms with Gasteiger partial charge in [0.15, 0.2) is 5.82 Å². The Balaban J connectivity index is 1.40. The summed E-state index contributed by atoms with van der Waals surface area (Å²) in [6.07, 6.45) is 5.33. The number of halogens is 3. The Bertz CT molecular complexity index is 1810. The largest absolute Gasteiger partial charge is 0.534 e. The van der Waals surface area contributed by atoms with Crippen molar-refractivity contribution < 1.29 is 40.4 Å². The molecule has 2 aromatic heterocycles. The molecule has 0 bridgehead atoms. The predicted octanol–water partition coefficient (Wildman–Crippen LogP) is 6.52. The monoisotopic (exact) mass is 663 g/mol. The van der Waals surface area contributed by atoms with Gasteiger partial charge in [0.25, 0.3) is 0 Å². The van der Waals surface area contributed by atoms with E-state index in [4.69, 9.17) is 4.74 Å². The molecule has 0 spiro atoms. The molecule has 1 aliphatic heterocycles. The molecule has 0 saturated carbocycles. The molecule has 1 fully saturated rings. The minimum atomic E-state index is -5.78. The first-order chi connectivity index (χ1) is 21.1. The van der Waals surface area contributed by atoms with Crippen LogP contribution in [0.3, 0.4) is 0 Å². The smallest absolute Gasteiger partial charge is 0.465 e. The second-order valence-electron chi connectivity index (χ2n) is 11.9. The molecule has 5 rings (SSSR count). The summed E-state index contributed by atoms with van der Waals surface area (Å²) in [5.41, 5.74) is -3.58. The van der Waals surface area contributed by atoms with Gasteiger partial charge < -0.3 is 18.6 Å². The number of amides is 1.